The van der Waals surface area contributed by atoms with Crippen LogP contribution in [-0.4, -0.2) is 60.1 Å². The van der Waals surface area contributed by atoms with Gasteiger partial charge in [-0.3, -0.25) is 9.69 Å². The molecule has 0 aliphatic carbocycles. The summed E-state index contributed by atoms with van der Waals surface area (Å²) in [5, 5.41) is 7.38. The zero-order valence-electron chi connectivity index (χ0n) is 15.0. The highest BCUT2D eigenvalue weighted by Gasteiger charge is 2.26. The van der Waals surface area contributed by atoms with E-state index >= 15 is 0 Å². The highest BCUT2D eigenvalue weighted by Crippen LogP contribution is 2.23. The maximum Gasteiger partial charge on any atom is 0.222 e. The molecule has 134 valence electrons. The van der Waals surface area contributed by atoms with Gasteiger partial charge >= 0.3 is 0 Å². The highest BCUT2D eigenvalue weighted by molar-refractivity contribution is 5.76. The Bertz CT molecular complexity index is 531. The van der Waals surface area contributed by atoms with Crippen LogP contribution in [0.25, 0.3) is 0 Å². The monoisotopic (exact) mass is 334 g/mol. The Balaban J connectivity index is 1.41. The third-order valence-corrected chi connectivity index (χ3v) is 5.42. The van der Waals surface area contributed by atoms with E-state index in [9.17, 15) is 4.79 Å². The van der Waals surface area contributed by atoms with Crippen LogP contribution in [0.1, 0.15) is 37.6 Å². The van der Waals surface area contributed by atoms with Crippen LogP contribution in [-0.2, 0) is 11.3 Å². The number of nitrogens with zero attached hydrogens (tertiary/aromatic N) is 3. The first-order chi connectivity index (χ1) is 11.6. The van der Waals surface area contributed by atoms with Gasteiger partial charge in [0.15, 0.2) is 5.76 Å². The van der Waals surface area contributed by atoms with Crippen molar-refractivity contribution in [1.82, 2.24) is 20.3 Å². The minimum atomic E-state index is 0.322. The van der Waals surface area contributed by atoms with Crippen molar-refractivity contribution in [3.05, 3.63) is 17.5 Å². The molecule has 2 atom stereocenters. The standard InChI is InChI=1S/C18H30N4O2/c1-14(16-4-3-5-19-12-16)10-18(23)22-8-6-21(7-9-22)13-17-11-15(2)20-24-17/h11,14,16,19H,3-10,12-13H2,1-2H3. The molecule has 2 aliphatic heterocycles. The quantitative estimate of drug-likeness (QED) is 0.887. The van der Waals surface area contributed by atoms with Crippen LogP contribution in [0.5, 0.6) is 0 Å². The summed E-state index contributed by atoms with van der Waals surface area (Å²) in [6.07, 6.45) is 3.18. The largest absolute Gasteiger partial charge is 0.360 e. The molecule has 0 bridgehead atoms. The van der Waals surface area contributed by atoms with Crippen LogP contribution in [0.2, 0.25) is 0 Å². The molecule has 24 heavy (non-hydrogen) atoms. The third kappa shape index (κ3) is 4.57. The van der Waals surface area contributed by atoms with Crippen LogP contribution in [0, 0.1) is 18.8 Å². The van der Waals surface area contributed by atoms with Crippen molar-refractivity contribution in [1.29, 1.82) is 0 Å². The Morgan fingerprint density at radius 1 is 1.42 bits per heavy atom. The molecule has 1 amide bonds. The Kier molecular flexibility index (Phi) is 5.89. The molecule has 2 saturated heterocycles. The van der Waals surface area contributed by atoms with Crippen molar-refractivity contribution in [2.75, 3.05) is 39.3 Å². The fourth-order valence-corrected chi connectivity index (χ4v) is 3.80. The van der Waals surface area contributed by atoms with E-state index < -0.39 is 0 Å². The summed E-state index contributed by atoms with van der Waals surface area (Å²) in [7, 11) is 0. The maximum absolute atomic E-state index is 12.6. The predicted octanol–water partition coefficient (Wildman–Crippen LogP) is 1.65. The number of amides is 1. The second-order valence-corrected chi connectivity index (χ2v) is 7.38. The number of piperidine rings is 1. The first-order valence-corrected chi connectivity index (χ1v) is 9.25. The Morgan fingerprint density at radius 3 is 2.83 bits per heavy atom. The molecule has 0 saturated carbocycles. The fraction of sp³-hybridized carbons (Fsp3) is 0.778. The van der Waals surface area contributed by atoms with E-state index in [0.717, 1.165) is 57.3 Å². The van der Waals surface area contributed by atoms with Crippen molar-refractivity contribution >= 4 is 5.91 Å². The second kappa shape index (κ2) is 8.12. The van der Waals surface area contributed by atoms with Gasteiger partial charge in [0.25, 0.3) is 0 Å². The van der Waals surface area contributed by atoms with Gasteiger partial charge < -0.3 is 14.7 Å². The van der Waals surface area contributed by atoms with Gasteiger partial charge in [-0.2, -0.15) is 0 Å². The van der Waals surface area contributed by atoms with Crippen LogP contribution in [0.4, 0.5) is 0 Å². The number of aromatic nitrogens is 1. The van der Waals surface area contributed by atoms with Gasteiger partial charge in [0.05, 0.1) is 12.2 Å². The van der Waals surface area contributed by atoms with Crippen LogP contribution < -0.4 is 5.32 Å². The van der Waals surface area contributed by atoms with Gasteiger partial charge in [0.1, 0.15) is 0 Å². The average Bonchev–Trinajstić information content (AvgIpc) is 3.01. The normalized spacial score (nSPS) is 24.1. The Morgan fingerprint density at radius 2 is 2.21 bits per heavy atom. The summed E-state index contributed by atoms with van der Waals surface area (Å²) in [6.45, 7) is 10.6. The van der Waals surface area contributed by atoms with Crippen LogP contribution in [0.3, 0.4) is 0 Å². The van der Waals surface area contributed by atoms with E-state index in [1.807, 2.05) is 17.9 Å². The smallest absolute Gasteiger partial charge is 0.222 e. The Hall–Kier alpha value is -1.40. The van der Waals surface area contributed by atoms with Crippen molar-refractivity contribution in [3.63, 3.8) is 0 Å². The summed E-state index contributed by atoms with van der Waals surface area (Å²) in [5.74, 6) is 2.35. The summed E-state index contributed by atoms with van der Waals surface area (Å²) in [5.41, 5.74) is 0.921. The van der Waals surface area contributed by atoms with Crippen molar-refractivity contribution in [2.45, 2.75) is 39.7 Å². The maximum atomic E-state index is 12.6. The lowest BCUT2D eigenvalue weighted by Gasteiger charge is -2.35. The number of piperazine rings is 1. The molecule has 2 unspecified atom stereocenters. The van der Waals surface area contributed by atoms with Gasteiger partial charge in [-0.05, 0) is 44.7 Å². The van der Waals surface area contributed by atoms with E-state index in [4.69, 9.17) is 4.52 Å². The minimum absolute atomic E-state index is 0.322. The summed E-state index contributed by atoms with van der Waals surface area (Å²) in [6, 6.07) is 1.98. The lowest BCUT2D eigenvalue weighted by atomic mass is 9.85. The van der Waals surface area contributed by atoms with Gasteiger partial charge in [-0.15, -0.1) is 0 Å². The second-order valence-electron chi connectivity index (χ2n) is 7.38. The number of aryl methyl sites for hydroxylation is 1. The zero-order valence-corrected chi connectivity index (χ0v) is 15.0. The van der Waals surface area contributed by atoms with Gasteiger partial charge in [0.2, 0.25) is 5.91 Å². The molecule has 2 aliphatic rings. The number of carbonyl (C=O) groups is 1. The number of hydrogen-bond acceptors (Lipinski definition) is 5. The van der Waals surface area contributed by atoms with E-state index in [1.165, 1.54) is 12.8 Å². The first kappa shape index (κ1) is 17.4. The molecule has 6 nitrogen and oxygen atoms in total. The molecular formula is C18H30N4O2. The average molecular weight is 334 g/mol. The minimum Gasteiger partial charge on any atom is -0.360 e. The molecule has 1 N–H and O–H groups in total. The lowest BCUT2D eigenvalue weighted by Crippen LogP contribution is -2.48. The predicted molar refractivity (Wildman–Crippen MR) is 92.5 cm³/mol. The molecule has 0 spiro atoms. The molecular weight excluding hydrogens is 304 g/mol. The zero-order chi connectivity index (χ0) is 16.9. The van der Waals surface area contributed by atoms with Crippen LogP contribution in [0.15, 0.2) is 10.6 Å². The summed E-state index contributed by atoms with van der Waals surface area (Å²) in [4.78, 5) is 16.9. The molecule has 2 fully saturated rings. The highest BCUT2D eigenvalue weighted by atomic mass is 16.5. The number of rotatable bonds is 5. The third-order valence-electron chi connectivity index (χ3n) is 5.42. The number of hydrogen-bond donors (Lipinski definition) is 1. The SMILES string of the molecule is Cc1cc(CN2CCN(C(=O)CC(C)C3CCCNC3)CC2)on1. The number of nitrogens with one attached hydrogen (secondary N) is 1. The summed E-state index contributed by atoms with van der Waals surface area (Å²) < 4.78 is 5.28. The van der Waals surface area contributed by atoms with Gasteiger partial charge in [0, 0.05) is 38.7 Å². The molecule has 3 rings (SSSR count). The molecule has 6 heteroatoms. The molecule has 1 aromatic heterocycles. The van der Waals surface area contributed by atoms with Crippen molar-refractivity contribution in [3.8, 4) is 0 Å². The van der Waals surface area contributed by atoms with E-state index in [0.29, 0.717) is 24.2 Å². The fourth-order valence-electron chi connectivity index (χ4n) is 3.80. The topological polar surface area (TPSA) is 61.6 Å². The van der Waals surface area contributed by atoms with E-state index in [1.54, 1.807) is 0 Å². The number of carbonyl (C=O) groups excluding carboxylic acids is 1. The van der Waals surface area contributed by atoms with Crippen molar-refractivity contribution in [2.24, 2.45) is 11.8 Å². The molecule has 0 radical (unpaired) electrons. The van der Waals surface area contributed by atoms with E-state index in [-0.39, 0.29) is 0 Å². The van der Waals surface area contributed by atoms with Gasteiger partial charge in [-0.25, -0.2) is 0 Å². The van der Waals surface area contributed by atoms with Crippen molar-refractivity contribution < 1.29 is 9.32 Å². The summed E-state index contributed by atoms with van der Waals surface area (Å²) >= 11 is 0. The molecule has 3 heterocycles. The molecule has 1 aromatic rings. The lowest BCUT2D eigenvalue weighted by molar-refractivity contribution is -0.134. The van der Waals surface area contributed by atoms with E-state index in [2.05, 4.69) is 22.3 Å². The Labute approximate surface area is 144 Å². The van der Waals surface area contributed by atoms with Crippen LogP contribution >= 0.6 is 0 Å². The molecule has 0 aromatic carbocycles. The van der Waals surface area contributed by atoms with Gasteiger partial charge in [-0.1, -0.05) is 12.1 Å². The first-order valence-electron chi connectivity index (χ1n) is 9.25.